The van der Waals surface area contributed by atoms with Crippen molar-refractivity contribution >= 4 is 23.3 Å². The Labute approximate surface area is 128 Å². The van der Waals surface area contributed by atoms with Crippen LogP contribution in [-0.2, 0) is 6.54 Å². The molecule has 1 aliphatic carbocycles. The van der Waals surface area contributed by atoms with Gasteiger partial charge in [0, 0.05) is 18.5 Å². The van der Waals surface area contributed by atoms with Crippen molar-refractivity contribution in [3.63, 3.8) is 0 Å². The van der Waals surface area contributed by atoms with Crippen molar-refractivity contribution in [1.29, 1.82) is 0 Å². The molecule has 1 saturated carbocycles. The molecule has 7 heteroatoms. The van der Waals surface area contributed by atoms with E-state index in [-0.39, 0.29) is 18.3 Å². The van der Waals surface area contributed by atoms with E-state index in [2.05, 4.69) is 17.2 Å². The maximum atomic E-state index is 12.1. The number of hydrogen-bond acceptors (Lipinski definition) is 4. The van der Waals surface area contributed by atoms with Crippen molar-refractivity contribution in [2.45, 2.75) is 45.2 Å². The zero-order valence-corrected chi connectivity index (χ0v) is 13.2. The second-order valence-electron chi connectivity index (χ2n) is 5.63. The van der Waals surface area contributed by atoms with Gasteiger partial charge in [-0.2, -0.15) is 0 Å². The Morgan fingerprint density at radius 2 is 2.29 bits per heavy atom. The van der Waals surface area contributed by atoms with Crippen LogP contribution in [0.1, 0.15) is 48.1 Å². The van der Waals surface area contributed by atoms with Crippen molar-refractivity contribution in [1.82, 2.24) is 15.2 Å². The highest BCUT2D eigenvalue weighted by Crippen LogP contribution is 2.26. The van der Waals surface area contributed by atoms with E-state index >= 15 is 0 Å². The largest absolute Gasteiger partial charge is 0.476 e. The molecule has 2 rings (SSSR count). The molecule has 0 bridgehead atoms. The molecule has 116 valence electrons. The molecule has 0 aromatic carbocycles. The standard InChI is InChI=1S/C14H21N3O3S/c1-9-4-3-5-10(6-9)17(2)14(20)15-7-12-16-11(8-21-12)13(18)19/h8-10H,3-7H2,1-2H3,(H,15,20)(H,18,19). The number of carbonyl (C=O) groups excluding carboxylic acids is 1. The van der Waals surface area contributed by atoms with Crippen molar-refractivity contribution < 1.29 is 14.7 Å². The van der Waals surface area contributed by atoms with Crippen LogP contribution in [0, 0.1) is 5.92 Å². The van der Waals surface area contributed by atoms with Gasteiger partial charge in [0.05, 0.1) is 6.54 Å². The number of amides is 2. The summed E-state index contributed by atoms with van der Waals surface area (Å²) in [6.45, 7) is 2.49. The van der Waals surface area contributed by atoms with E-state index in [9.17, 15) is 9.59 Å². The van der Waals surface area contributed by atoms with Crippen molar-refractivity contribution in [3.05, 3.63) is 16.1 Å². The number of thiazole rings is 1. The minimum Gasteiger partial charge on any atom is -0.476 e. The van der Waals surface area contributed by atoms with Crippen LogP contribution >= 0.6 is 11.3 Å². The monoisotopic (exact) mass is 311 g/mol. The van der Waals surface area contributed by atoms with Crippen LogP contribution in [0.3, 0.4) is 0 Å². The molecule has 0 saturated heterocycles. The molecule has 2 unspecified atom stereocenters. The minimum atomic E-state index is -1.04. The average Bonchev–Trinajstić information content (AvgIpc) is 2.93. The highest BCUT2D eigenvalue weighted by atomic mass is 32.1. The number of urea groups is 1. The first kappa shape index (κ1) is 15.8. The highest BCUT2D eigenvalue weighted by Gasteiger charge is 2.25. The smallest absolute Gasteiger partial charge is 0.355 e. The average molecular weight is 311 g/mol. The van der Waals surface area contributed by atoms with Gasteiger partial charge in [-0.3, -0.25) is 0 Å². The van der Waals surface area contributed by atoms with Crippen LogP contribution in [0.25, 0.3) is 0 Å². The maximum Gasteiger partial charge on any atom is 0.355 e. The molecule has 1 aromatic rings. The molecule has 1 aliphatic rings. The van der Waals surface area contributed by atoms with E-state index in [0.29, 0.717) is 17.0 Å². The number of carbonyl (C=O) groups is 2. The van der Waals surface area contributed by atoms with Gasteiger partial charge in [0.15, 0.2) is 5.69 Å². The minimum absolute atomic E-state index is 0.0266. The summed E-state index contributed by atoms with van der Waals surface area (Å²) in [5.74, 6) is -0.381. The van der Waals surface area contributed by atoms with Gasteiger partial charge in [0.2, 0.25) is 0 Å². The summed E-state index contributed by atoms with van der Waals surface area (Å²) in [4.78, 5) is 28.6. The first-order valence-electron chi connectivity index (χ1n) is 7.15. The molecule has 1 fully saturated rings. The SMILES string of the molecule is CC1CCCC(N(C)C(=O)NCc2nc(C(=O)O)cs2)C1. The number of aromatic nitrogens is 1. The molecule has 6 nitrogen and oxygen atoms in total. The summed E-state index contributed by atoms with van der Waals surface area (Å²) in [7, 11) is 1.82. The van der Waals surface area contributed by atoms with Crippen LogP contribution < -0.4 is 5.32 Å². The van der Waals surface area contributed by atoms with Gasteiger partial charge in [0.25, 0.3) is 0 Å². The Morgan fingerprint density at radius 3 is 2.90 bits per heavy atom. The second-order valence-corrected chi connectivity index (χ2v) is 6.57. The molecule has 2 amide bonds. The van der Waals surface area contributed by atoms with Crippen molar-refractivity contribution in [2.75, 3.05) is 7.05 Å². The lowest BCUT2D eigenvalue weighted by molar-refractivity contribution is 0.0691. The molecule has 0 aliphatic heterocycles. The van der Waals surface area contributed by atoms with Crippen LogP contribution in [0.4, 0.5) is 4.79 Å². The normalized spacial score (nSPS) is 21.8. The summed E-state index contributed by atoms with van der Waals surface area (Å²) in [5, 5.41) is 13.7. The summed E-state index contributed by atoms with van der Waals surface area (Å²) < 4.78 is 0. The van der Waals surface area contributed by atoms with Gasteiger partial charge in [-0.25, -0.2) is 14.6 Å². The summed E-state index contributed by atoms with van der Waals surface area (Å²) in [5.41, 5.74) is 0.0266. The molecule has 2 N–H and O–H groups in total. The Balaban J connectivity index is 1.84. The van der Waals surface area contributed by atoms with Gasteiger partial charge in [-0.05, 0) is 18.8 Å². The van der Waals surface area contributed by atoms with E-state index in [1.807, 2.05) is 7.05 Å². The van der Waals surface area contributed by atoms with Gasteiger partial charge in [-0.15, -0.1) is 11.3 Å². The predicted molar refractivity (Wildman–Crippen MR) is 80.5 cm³/mol. The molecule has 0 radical (unpaired) electrons. The summed E-state index contributed by atoms with van der Waals surface area (Å²) >= 11 is 1.24. The van der Waals surface area contributed by atoms with Gasteiger partial charge in [0.1, 0.15) is 5.01 Å². The molecule has 2 atom stereocenters. The van der Waals surface area contributed by atoms with Crippen LogP contribution in [-0.4, -0.2) is 40.1 Å². The first-order valence-corrected chi connectivity index (χ1v) is 8.03. The fourth-order valence-electron chi connectivity index (χ4n) is 2.69. The predicted octanol–water partition coefficient (Wildman–Crippen LogP) is 2.56. The lowest BCUT2D eigenvalue weighted by Crippen LogP contribution is -2.45. The summed E-state index contributed by atoms with van der Waals surface area (Å²) in [6, 6.07) is 0.167. The topological polar surface area (TPSA) is 82.5 Å². The van der Waals surface area contributed by atoms with E-state index in [1.165, 1.54) is 23.1 Å². The molecule has 0 spiro atoms. The zero-order valence-electron chi connectivity index (χ0n) is 12.3. The van der Waals surface area contributed by atoms with E-state index in [1.54, 1.807) is 4.90 Å². The summed E-state index contributed by atoms with van der Waals surface area (Å²) in [6.07, 6.45) is 4.50. The number of carboxylic acid groups (broad SMARTS) is 1. The molecular formula is C14H21N3O3S. The van der Waals surface area contributed by atoms with Gasteiger partial charge in [-0.1, -0.05) is 19.8 Å². The third-order valence-electron chi connectivity index (χ3n) is 3.94. The van der Waals surface area contributed by atoms with E-state index in [4.69, 9.17) is 5.11 Å². The highest BCUT2D eigenvalue weighted by molar-refractivity contribution is 7.09. The number of nitrogens with one attached hydrogen (secondary N) is 1. The van der Waals surface area contributed by atoms with Crippen LogP contribution in [0.5, 0.6) is 0 Å². The number of hydrogen-bond donors (Lipinski definition) is 2. The number of aromatic carboxylic acids is 1. The second kappa shape index (κ2) is 6.89. The van der Waals surface area contributed by atoms with E-state index < -0.39 is 5.97 Å². The van der Waals surface area contributed by atoms with Crippen molar-refractivity contribution in [3.8, 4) is 0 Å². The third kappa shape index (κ3) is 4.17. The lowest BCUT2D eigenvalue weighted by Gasteiger charge is -2.34. The molecule has 21 heavy (non-hydrogen) atoms. The fourth-order valence-corrected chi connectivity index (χ4v) is 3.39. The lowest BCUT2D eigenvalue weighted by atomic mass is 9.86. The molecular weight excluding hydrogens is 290 g/mol. The Bertz CT molecular complexity index is 517. The van der Waals surface area contributed by atoms with Gasteiger partial charge < -0.3 is 15.3 Å². The molecule has 1 aromatic heterocycles. The Kier molecular flexibility index (Phi) is 5.17. The van der Waals surface area contributed by atoms with E-state index in [0.717, 1.165) is 19.3 Å². The Hall–Kier alpha value is -1.63. The van der Waals surface area contributed by atoms with Gasteiger partial charge >= 0.3 is 12.0 Å². The third-order valence-corrected chi connectivity index (χ3v) is 4.79. The number of rotatable bonds is 4. The maximum absolute atomic E-state index is 12.1. The van der Waals surface area contributed by atoms with Crippen LogP contribution in [0.15, 0.2) is 5.38 Å². The number of carboxylic acids is 1. The van der Waals surface area contributed by atoms with Crippen LogP contribution in [0.2, 0.25) is 0 Å². The quantitative estimate of drug-likeness (QED) is 0.895. The molecule has 1 heterocycles. The zero-order chi connectivity index (χ0) is 15.4. The fraction of sp³-hybridized carbons (Fsp3) is 0.643. The first-order chi connectivity index (χ1) is 9.97. The Morgan fingerprint density at radius 1 is 1.52 bits per heavy atom. The van der Waals surface area contributed by atoms with Crippen molar-refractivity contribution in [2.24, 2.45) is 5.92 Å². The number of nitrogens with zero attached hydrogens (tertiary/aromatic N) is 2.